The molecule has 0 aromatic carbocycles. The number of methoxy groups -OCH3 is 1. The third-order valence-corrected chi connectivity index (χ3v) is 3.02. The number of nitrogens with one attached hydrogen (secondary N) is 1. The molecule has 3 atom stereocenters. The van der Waals surface area contributed by atoms with Gasteiger partial charge in [-0.15, -0.1) is 0 Å². The summed E-state index contributed by atoms with van der Waals surface area (Å²) in [5.74, 6) is -0.305. The van der Waals surface area contributed by atoms with E-state index in [4.69, 9.17) is 9.47 Å². The second-order valence-corrected chi connectivity index (χ2v) is 4.20. The fourth-order valence-electron chi connectivity index (χ4n) is 2.14. The number of carboxylic acid groups (broad SMARTS) is 1. The highest BCUT2D eigenvalue weighted by molar-refractivity contribution is 5.65. The number of allylic oxidation sites excluding steroid dienone is 1. The summed E-state index contributed by atoms with van der Waals surface area (Å²) in [6.45, 7) is 0.698. The highest BCUT2D eigenvalue weighted by Gasteiger charge is 2.29. The van der Waals surface area contributed by atoms with E-state index in [2.05, 4.69) is 5.32 Å². The molecule has 6 nitrogen and oxygen atoms in total. The number of rotatable bonds is 7. The van der Waals surface area contributed by atoms with Gasteiger partial charge >= 0.3 is 0 Å². The van der Waals surface area contributed by atoms with Crippen LogP contribution in [-0.4, -0.2) is 38.9 Å². The Labute approximate surface area is 106 Å². The molecular formula is C12H18NO5-. The summed E-state index contributed by atoms with van der Waals surface area (Å²) in [6, 6.07) is -0.506. The van der Waals surface area contributed by atoms with E-state index in [-0.39, 0.29) is 18.6 Å². The van der Waals surface area contributed by atoms with Gasteiger partial charge in [-0.2, -0.15) is 0 Å². The second kappa shape index (κ2) is 7.84. The molecule has 1 rings (SSSR count). The second-order valence-electron chi connectivity index (χ2n) is 4.20. The first-order chi connectivity index (χ1) is 8.69. The largest absolute Gasteiger partial charge is 0.530 e. The molecule has 0 aliphatic heterocycles. The van der Waals surface area contributed by atoms with Crippen molar-refractivity contribution < 1.29 is 24.2 Å². The molecule has 18 heavy (non-hydrogen) atoms. The van der Waals surface area contributed by atoms with Crippen LogP contribution in [0.5, 0.6) is 0 Å². The van der Waals surface area contributed by atoms with Crippen LogP contribution in [0.3, 0.4) is 0 Å². The molecule has 0 heterocycles. The summed E-state index contributed by atoms with van der Waals surface area (Å²) in [5.41, 5.74) is 0. The lowest BCUT2D eigenvalue weighted by molar-refractivity contribution is -0.251. The molecule has 3 unspecified atom stereocenters. The van der Waals surface area contributed by atoms with Crippen LogP contribution in [0.1, 0.15) is 12.8 Å². The minimum absolute atomic E-state index is 0.0706. The molecule has 102 valence electrons. The summed E-state index contributed by atoms with van der Waals surface area (Å²) < 4.78 is 9.94. The molecule has 0 spiro atoms. The maximum absolute atomic E-state index is 11.1. The zero-order chi connectivity index (χ0) is 13.4. The lowest BCUT2D eigenvalue weighted by atomic mass is 9.79. The summed E-state index contributed by atoms with van der Waals surface area (Å²) in [4.78, 5) is 21.6. The molecule has 0 aromatic heterocycles. The third-order valence-electron chi connectivity index (χ3n) is 3.02. The van der Waals surface area contributed by atoms with Gasteiger partial charge in [0.1, 0.15) is 19.2 Å². The Bertz CT molecular complexity index is 305. The van der Waals surface area contributed by atoms with Crippen LogP contribution >= 0.6 is 0 Å². The Kier molecular flexibility index (Phi) is 6.38. The minimum atomic E-state index is -1.37. The fraction of sp³-hybridized carbons (Fsp3) is 0.667. The van der Waals surface area contributed by atoms with E-state index >= 15 is 0 Å². The zero-order valence-corrected chi connectivity index (χ0v) is 10.3. The highest BCUT2D eigenvalue weighted by Crippen LogP contribution is 2.27. The van der Waals surface area contributed by atoms with Crippen LogP contribution in [0, 0.1) is 11.8 Å². The summed E-state index contributed by atoms with van der Waals surface area (Å²) in [5, 5.41) is 12.8. The predicted molar refractivity (Wildman–Crippen MR) is 61.6 cm³/mol. The van der Waals surface area contributed by atoms with Crippen LogP contribution in [0.25, 0.3) is 0 Å². The highest BCUT2D eigenvalue weighted by atomic mass is 16.7. The maximum Gasteiger partial charge on any atom is 0.146 e. The molecule has 1 N–H and O–H groups in total. The van der Waals surface area contributed by atoms with E-state index in [1.165, 1.54) is 7.11 Å². The number of amides is 1. The normalized spacial score (nSPS) is 26.8. The van der Waals surface area contributed by atoms with Crippen molar-refractivity contribution in [3.63, 3.8) is 0 Å². The Morgan fingerprint density at radius 2 is 2.39 bits per heavy atom. The van der Waals surface area contributed by atoms with Crippen molar-refractivity contribution in [2.24, 2.45) is 11.8 Å². The number of hydrogen-bond acceptors (Lipinski definition) is 5. The molecule has 6 heteroatoms. The van der Waals surface area contributed by atoms with E-state index in [0.29, 0.717) is 13.0 Å². The van der Waals surface area contributed by atoms with Gasteiger partial charge < -0.3 is 29.5 Å². The van der Waals surface area contributed by atoms with E-state index in [0.717, 1.165) is 12.7 Å². The molecule has 0 fully saturated rings. The van der Waals surface area contributed by atoms with Crippen molar-refractivity contribution in [3.8, 4) is 0 Å². The van der Waals surface area contributed by atoms with Gasteiger partial charge in [0.15, 0.2) is 0 Å². The van der Waals surface area contributed by atoms with Gasteiger partial charge in [-0.1, -0.05) is 12.2 Å². The summed E-state index contributed by atoms with van der Waals surface area (Å²) in [7, 11) is 1.54. The predicted octanol–water partition coefficient (Wildman–Crippen LogP) is -0.310. The summed E-state index contributed by atoms with van der Waals surface area (Å²) >= 11 is 0. The van der Waals surface area contributed by atoms with Crippen LogP contribution in [0.15, 0.2) is 12.2 Å². The van der Waals surface area contributed by atoms with Gasteiger partial charge in [0.2, 0.25) is 0 Å². The monoisotopic (exact) mass is 256 g/mol. The Morgan fingerprint density at radius 1 is 1.61 bits per heavy atom. The fourth-order valence-corrected chi connectivity index (χ4v) is 2.14. The lowest BCUT2D eigenvalue weighted by Crippen LogP contribution is -2.49. The lowest BCUT2D eigenvalue weighted by Gasteiger charge is -2.32. The Balaban J connectivity index is 2.49. The molecule has 1 aliphatic rings. The van der Waals surface area contributed by atoms with Gasteiger partial charge in [-0.25, -0.2) is 0 Å². The Morgan fingerprint density at radius 3 is 3.00 bits per heavy atom. The van der Waals surface area contributed by atoms with Crippen molar-refractivity contribution >= 4 is 12.4 Å². The minimum Gasteiger partial charge on any atom is -0.530 e. The van der Waals surface area contributed by atoms with Crippen LogP contribution in [0.2, 0.25) is 0 Å². The first-order valence-electron chi connectivity index (χ1n) is 5.85. The van der Waals surface area contributed by atoms with Crippen molar-refractivity contribution in [1.82, 2.24) is 5.32 Å². The van der Waals surface area contributed by atoms with Crippen LogP contribution < -0.4 is 10.4 Å². The number of ether oxygens (including phenoxy) is 2. The van der Waals surface area contributed by atoms with Crippen molar-refractivity contribution in [3.05, 3.63) is 12.2 Å². The van der Waals surface area contributed by atoms with E-state index < -0.39 is 12.1 Å². The number of aldehydes is 1. The van der Waals surface area contributed by atoms with Gasteiger partial charge in [-0.3, -0.25) is 0 Å². The van der Waals surface area contributed by atoms with Crippen molar-refractivity contribution in [1.29, 1.82) is 0 Å². The van der Waals surface area contributed by atoms with E-state index in [1.807, 2.05) is 6.08 Å². The molecule has 0 saturated carbocycles. The maximum atomic E-state index is 11.1. The third kappa shape index (κ3) is 4.46. The summed E-state index contributed by atoms with van der Waals surface area (Å²) in [6.07, 6.45) is 4.43. The van der Waals surface area contributed by atoms with Crippen molar-refractivity contribution in [2.75, 3.05) is 20.5 Å². The average molecular weight is 256 g/mol. The topological polar surface area (TPSA) is 87.7 Å². The molecule has 0 bridgehead atoms. The number of carbonyl (C=O) groups excluding carboxylic acids is 2. The average Bonchev–Trinajstić information content (AvgIpc) is 2.34. The van der Waals surface area contributed by atoms with E-state index in [9.17, 15) is 14.7 Å². The molecular weight excluding hydrogens is 238 g/mol. The first kappa shape index (κ1) is 14.7. The van der Waals surface area contributed by atoms with E-state index in [1.54, 1.807) is 6.08 Å². The Hall–Kier alpha value is -1.40. The van der Waals surface area contributed by atoms with Crippen LogP contribution in [-0.2, 0) is 14.3 Å². The van der Waals surface area contributed by atoms with Gasteiger partial charge in [0.25, 0.3) is 0 Å². The van der Waals surface area contributed by atoms with Gasteiger partial charge in [0.05, 0.1) is 6.04 Å². The van der Waals surface area contributed by atoms with Gasteiger partial charge in [0, 0.05) is 19.6 Å². The zero-order valence-electron chi connectivity index (χ0n) is 10.3. The number of carbonyl (C=O) groups is 2. The smallest absolute Gasteiger partial charge is 0.146 e. The quantitative estimate of drug-likeness (QED) is 0.292. The van der Waals surface area contributed by atoms with Crippen LogP contribution in [0.4, 0.5) is 4.79 Å². The molecule has 0 radical (unpaired) electrons. The SMILES string of the molecule is COCOCCC1CC=CC(NC(=O)[O-])C1C=O. The first-order valence-corrected chi connectivity index (χ1v) is 5.85. The van der Waals surface area contributed by atoms with Crippen molar-refractivity contribution in [2.45, 2.75) is 18.9 Å². The molecule has 1 aliphatic carbocycles. The molecule has 0 aromatic rings. The van der Waals surface area contributed by atoms with Gasteiger partial charge in [-0.05, 0) is 18.8 Å². The molecule has 1 amide bonds. The standard InChI is InChI=1S/C12H19NO5/c1-17-8-18-6-5-9-3-2-4-11(10(9)7-14)13-12(15)16/h2,4,7,9-11,13H,3,5-6,8H2,1H3,(H,15,16)/p-1. The molecule has 0 saturated heterocycles. The number of hydrogen-bond donors (Lipinski definition) is 1.